The van der Waals surface area contributed by atoms with Crippen molar-refractivity contribution in [2.24, 2.45) is 0 Å². The van der Waals surface area contributed by atoms with Crippen molar-refractivity contribution in [2.75, 3.05) is 31.5 Å². The normalized spacial score (nSPS) is 16.4. The van der Waals surface area contributed by atoms with E-state index in [0.29, 0.717) is 37.4 Å². The van der Waals surface area contributed by atoms with Crippen LogP contribution in [0.4, 0.5) is 5.69 Å². The maximum Gasteiger partial charge on any atom is 0.261 e. The molecule has 1 fully saturated rings. The molecule has 0 aliphatic carbocycles. The van der Waals surface area contributed by atoms with E-state index >= 15 is 0 Å². The Bertz CT molecular complexity index is 1110. The number of hydrogen-bond donors (Lipinski definition) is 2. The summed E-state index contributed by atoms with van der Waals surface area (Å²) in [5.41, 5.74) is 1.72. The molecule has 0 bridgehead atoms. The Morgan fingerprint density at radius 2 is 1.71 bits per heavy atom. The van der Waals surface area contributed by atoms with Crippen LogP contribution in [0.15, 0.2) is 53.4 Å². The Morgan fingerprint density at radius 3 is 2.29 bits per heavy atom. The highest BCUT2D eigenvalue weighted by molar-refractivity contribution is 7.92. The quantitative estimate of drug-likeness (QED) is 0.557. The number of sulfonamides is 1. The fraction of sp³-hybridized carbons (Fsp3) is 0.440. The molecule has 0 saturated carbocycles. The van der Waals surface area contributed by atoms with E-state index in [2.05, 4.69) is 30.8 Å². The first-order valence-corrected chi connectivity index (χ1v) is 12.8. The molecule has 1 aliphatic heterocycles. The maximum atomic E-state index is 13.0. The minimum Gasteiger partial charge on any atom is -0.383 e. The number of hydrogen-bond acceptors (Lipinski definition) is 5. The van der Waals surface area contributed by atoms with Crippen molar-refractivity contribution < 1.29 is 22.7 Å². The molecule has 8 nitrogen and oxygen atoms in total. The van der Waals surface area contributed by atoms with Gasteiger partial charge in [-0.3, -0.25) is 14.3 Å². The van der Waals surface area contributed by atoms with Gasteiger partial charge in [-0.15, -0.1) is 0 Å². The third-order valence-corrected chi connectivity index (χ3v) is 7.23. The van der Waals surface area contributed by atoms with E-state index in [4.69, 9.17) is 4.74 Å². The van der Waals surface area contributed by atoms with Crippen molar-refractivity contribution in [3.05, 3.63) is 59.7 Å². The van der Waals surface area contributed by atoms with Crippen LogP contribution < -0.4 is 10.0 Å². The van der Waals surface area contributed by atoms with Gasteiger partial charge in [-0.25, -0.2) is 8.42 Å². The van der Waals surface area contributed by atoms with Crippen molar-refractivity contribution in [2.45, 2.75) is 50.0 Å². The van der Waals surface area contributed by atoms with Crippen LogP contribution in [0, 0.1) is 0 Å². The molecule has 1 saturated heterocycles. The molecule has 1 unspecified atom stereocenters. The molecular weight excluding hydrogens is 454 g/mol. The van der Waals surface area contributed by atoms with Crippen LogP contribution in [0.25, 0.3) is 0 Å². The van der Waals surface area contributed by atoms with Gasteiger partial charge in [0.05, 0.1) is 11.5 Å². The van der Waals surface area contributed by atoms with Gasteiger partial charge in [0.25, 0.3) is 15.9 Å². The van der Waals surface area contributed by atoms with Gasteiger partial charge in [0.15, 0.2) is 0 Å². The van der Waals surface area contributed by atoms with Crippen LogP contribution in [0.2, 0.25) is 0 Å². The van der Waals surface area contributed by atoms with Crippen LogP contribution in [0.5, 0.6) is 0 Å². The van der Waals surface area contributed by atoms with Crippen LogP contribution in [-0.4, -0.2) is 58.0 Å². The monoisotopic (exact) mass is 487 g/mol. The lowest BCUT2D eigenvalue weighted by atomic mass is 9.87. The predicted octanol–water partition coefficient (Wildman–Crippen LogP) is 3.15. The second-order valence-corrected chi connectivity index (χ2v) is 11.1. The third kappa shape index (κ3) is 6.15. The zero-order chi connectivity index (χ0) is 24.9. The first kappa shape index (κ1) is 25.7. The number of nitrogens with zero attached hydrogens (tertiary/aromatic N) is 1. The first-order valence-electron chi connectivity index (χ1n) is 11.3. The molecule has 2 N–H and O–H groups in total. The van der Waals surface area contributed by atoms with E-state index in [1.807, 2.05) is 12.1 Å². The first-order chi connectivity index (χ1) is 16.0. The molecule has 2 amide bonds. The van der Waals surface area contributed by atoms with Crippen LogP contribution in [0.3, 0.4) is 0 Å². The van der Waals surface area contributed by atoms with Crippen LogP contribution in [-0.2, 0) is 25.0 Å². The van der Waals surface area contributed by atoms with E-state index < -0.39 is 16.1 Å². The minimum absolute atomic E-state index is 0.0724. The summed E-state index contributed by atoms with van der Waals surface area (Å²) in [4.78, 5) is 27.2. The van der Waals surface area contributed by atoms with Crippen molar-refractivity contribution in [1.29, 1.82) is 0 Å². The smallest absolute Gasteiger partial charge is 0.261 e. The van der Waals surface area contributed by atoms with E-state index in [-0.39, 0.29) is 22.1 Å². The lowest BCUT2D eigenvalue weighted by molar-refractivity contribution is -0.125. The largest absolute Gasteiger partial charge is 0.383 e. The Balaban J connectivity index is 1.67. The minimum atomic E-state index is -3.76. The predicted molar refractivity (Wildman–Crippen MR) is 131 cm³/mol. The second kappa shape index (κ2) is 10.6. The third-order valence-electron chi connectivity index (χ3n) is 5.84. The fourth-order valence-electron chi connectivity index (χ4n) is 3.87. The van der Waals surface area contributed by atoms with Crippen LogP contribution >= 0.6 is 0 Å². The SMILES string of the molecule is COCCNC(=O)C1CCCN1C(=O)c1ccc(NS(=O)(=O)c2ccc(C(C)(C)C)cc2)cc1. The number of nitrogens with one attached hydrogen (secondary N) is 2. The standard InChI is InChI=1S/C25H33N3O5S/c1-25(2,3)19-9-13-21(14-10-19)34(31,32)27-20-11-7-18(8-12-20)24(30)28-16-5-6-22(28)23(29)26-15-17-33-4/h7-14,22,27H,5-6,15-17H2,1-4H3,(H,26,29). The highest BCUT2D eigenvalue weighted by Gasteiger charge is 2.34. The average molecular weight is 488 g/mol. The summed E-state index contributed by atoms with van der Waals surface area (Å²) in [6.45, 7) is 7.49. The molecule has 0 aromatic heterocycles. The van der Waals surface area contributed by atoms with Gasteiger partial charge in [0.2, 0.25) is 5.91 Å². The lowest BCUT2D eigenvalue weighted by Gasteiger charge is -2.24. The number of likely N-dealkylation sites (tertiary alicyclic amines) is 1. The van der Waals surface area contributed by atoms with Gasteiger partial charge in [0, 0.05) is 31.5 Å². The van der Waals surface area contributed by atoms with Gasteiger partial charge in [-0.05, 0) is 60.2 Å². The summed E-state index contributed by atoms with van der Waals surface area (Å²) < 4.78 is 33.1. The molecule has 1 atom stereocenters. The molecule has 0 radical (unpaired) electrons. The van der Waals surface area contributed by atoms with Crippen molar-refractivity contribution >= 4 is 27.5 Å². The van der Waals surface area contributed by atoms with E-state index in [1.54, 1.807) is 48.4 Å². The topological polar surface area (TPSA) is 105 Å². The number of rotatable bonds is 8. The van der Waals surface area contributed by atoms with Gasteiger partial charge in [-0.2, -0.15) is 0 Å². The number of carbonyl (C=O) groups is 2. The van der Waals surface area contributed by atoms with Crippen molar-refractivity contribution in [3.8, 4) is 0 Å². The molecular formula is C25H33N3O5S. The number of amides is 2. The summed E-state index contributed by atoms with van der Waals surface area (Å²) in [5, 5.41) is 2.79. The Morgan fingerprint density at radius 1 is 1.06 bits per heavy atom. The molecule has 2 aromatic carbocycles. The summed E-state index contributed by atoms with van der Waals surface area (Å²) in [7, 11) is -2.20. The van der Waals surface area contributed by atoms with Gasteiger partial charge < -0.3 is 15.0 Å². The van der Waals surface area contributed by atoms with Gasteiger partial charge in [-0.1, -0.05) is 32.9 Å². The van der Waals surface area contributed by atoms with Crippen molar-refractivity contribution in [1.82, 2.24) is 10.2 Å². The number of benzene rings is 2. The average Bonchev–Trinajstić information content (AvgIpc) is 3.28. The zero-order valence-corrected chi connectivity index (χ0v) is 20.9. The molecule has 184 valence electrons. The molecule has 1 aliphatic rings. The van der Waals surface area contributed by atoms with Gasteiger partial charge in [0.1, 0.15) is 6.04 Å². The van der Waals surface area contributed by atoms with Crippen molar-refractivity contribution in [3.63, 3.8) is 0 Å². The Labute approximate surface area is 201 Å². The van der Waals surface area contributed by atoms with E-state index in [9.17, 15) is 18.0 Å². The van der Waals surface area contributed by atoms with E-state index in [0.717, 1.165) is 12.0 Å². The Hall–Kier alpha value is -2.91. The molecule has 1 heterocycles. The molecule has 34 heavy (non-hydrogen) atoms. The maximum absolute atomic E-state index is 13.0. The van der Waals surface area contributed by atoms with E-state index in [1.165, 1.54) is 0 Å². The second-order valence-electron chi connectivity index (χ2n) is 9.40. The molecule has 0 spiro atoms. The summed E-state index contributed by atoms with van der Waals surface area (Å²) >= 11 is 0. The van der Waals surface area contributed by atoms with Gasteiger partial charge >= 0.3 is 0 Å². The Kier molecular flexibility index (Phi) is 7.99. The molecule has 2 aromatic rings. The molecule has 9 heteroatoms. The summed E-state index contributed by atoms with van der Waals surface area (Å²) in [6, 6.07) is 12.5. The summed E-state index contributed by atoms with van der Waals surface area (Å²) in [6.07, 6.45) is 1.36. The fourth-order valence-corrected chi connectivity index (χ4v) is 4.93. The van der Waals surface area contributed by atoms with Crippen LogP contribution in [0.1, 0.15) is 49.5 Å². The molecule has 3 rings (SSSR count). The highest BCUT2D eigenvalue weighted by Crippen LogP contribution is 2.25. The number of ether oxygens (including phenoxy) is 1. The highest BCUT2D eigenvalue weighted by atomic mass is 32.2. The zero-order valence-electron chi connectivity index (χ0n) is 20.1. The summed E-state index contributed by atoms with van der Waals surface area (Å²) in [5.74, 6) is -0.443. The number of carbonyl (C=O) groups excluding carboxylic acids is 2. The number of anilines is 1. The number of methoxy groups -OCH3 is 1. The lowest BCUT2D eigenvalue weighted by Crippen LogP contribution is -2.46.